The molecule has 20 heavy (non-hydrogen) atoms. The van der Waals surface area contributed by atoms with Crippen LogP contribution < -0.4 is 9.47 Å². The summed E-state index contributed by atoms with van der Waals surface area (Å²) in [5.41, 5.74) is 1.11. The molecule has 0 fully saturated rings. The summed E-state index contributed by atoms with van der Waals surface area (Å²) in [6, 6.07) is 6.16. The minimum absolute atomic E-state index is 0.222. The second-order valence-corrected chi connectivity index (χ2v) is 5.14. The molecular weight excluding hydrogens is 254 g/mol. The lowest BCUT2D eigenvalue weighted by molar-refractivity contribution is -0.131. The van der Waals surface area contributed by atoms with Crippen molar-refractivity contribution in [1.82, 2.24) is 4.90 Å². The Morgan fingerprint density at radius 3 is 3.05 bits per heavy atom. The van der Waals surface area contributed by atoms with Crippen molar-refractivity contribution in [3.63, 3.8) is 0 Å². The van der Waals surface area contributed by atoms with E-state index in [2.05, 4.69) is 19.1 Å². The Labute approximate surface area is 119 Å². The second-order valence-electron chi connectivity index (χ2n) is 5.14. The topological polar surface area (TPSA) is 38.8 Å². The number of nitrogens with zero attached hydrogens (tertiary/aromatic N) is 1. The van der Waals surface area contributed by atoms with Crippen LogP contribution in [0.2, 0.25) is 0 Å². The Morgan fingerprint density at radius 2 is 2.20 bits per heavy atom. The number of carbonyl (C=O) groups is 1. The largest absolute Gasteiger partial charge is 0.454 e. The summed E-state index contributed by atoms with van der Waals surface area (Å²) < 4.78 is 10.6. The Morgan fingerprint density at radius 1 is 1.35 bits per heavy atom. The fourth-order valence-electron chi connectivity index (χ4n) is 2.71. The Hall–Kier alpha value is -1.97. The van der Waals surface area contributed by atoms with Crippen molar-refractivity contribution in [3.8, 4) is 11.5 Å². The number of hydrogen-bond donors (Lipinski definition) is 0. The minimum Gasteiger partial charge on any atom is -0.454 e. The van der Waals surface area contributed by atoms with Gasteiger partial charge in [-0.25, -0.2) is 0 Å². The summed E-state index contributed by atoms with van der Waals surface area (Å²) in [7, 11) is 0. The van der Waals surface area contributed by atoms with E-state index in [-0.39, 0.29) is 18.7 Å². The van der Waals surface area contributed by atoms with E-state index >= 15 is 0 Å². The molecule has 2 heterocycles. The number of fused-ring (bicyclic) bond motifs is 1. The number of aryl methyl sites for hydroxylation is 1. The molecule has 0 bridgehead atoms. The highest BCUT2D eigenvalue weighted by molar-refractivity contribution is 5.77. The van der Waals surface area contributed by atoms with Crippen molar-refractivity contribution < 1.29 is 14.3 Å². The molecule has 0 saturated heterocycles. The molecule has 2 aliphatic heterocycles. The van der Waals surface area contributed by atoms with Crippen LogP contribution in [-0.4, -0.2) is 30.2 Å². The fourth-order valence-corrected chi connectivity index (χ4v) is 2.71. The first-order valence-corrected chi connectivity index (χ1v) is 7.12. The maximum Gasteiger partial charge on any atom is 0.231 e. The van der Waals surface area contributed by atoms with Crippen LogP contribution in [0.4, 0.5) is 0 Å². The first kappa shape index (κ1) is 13.0. The molecule has 1 aromatic carbocycles. The second kappa shape index (κ2) is 5.57. The van der Waals surface area contributed by atoms with Gasteiger partial charge < -0.3 is 14.4 Å². The van der Waals surface area contributed by atoms with Gasteiger partial charge in [-0.2, -0.15) is 0 Å². The van der Waals surface area contributed by atoms with E-state index in [1.165, 1.54) is 0 Å². The fraction of sp³-hybridized carbons (Fsp3) is 0.438. The van der Waals surface area contributed by atoms with E-state index in [0.717, 1.165) is 36.4 Å². The molecule has 4 nitrogen and oxygen atoms in total. The van der Waals surface area contributed by atoms with Gasteiger partial charge in [0.25, 0.3) is 0 Å². The summed E-state index contributed by atoms with van der Waals surface area (Å²) in [5, 5.41) is 0. The average Bonchev–Trinajstić information content (AvgIpc) is 3.12. The standard InChI is InChI=1S/C16H19NO3/c1-2-13-4-3-9-17(13)16(18)8-6-12-5-7-14-15(10-12)20-11-19-14/h3-5,7,10,13H,2,6,8-9,11H2,1H3/t13-/m0/s1. The summed E-state index contributed by atoms with van der Waals surface area (Å²) in [6.07, 6.45) is 6.46. The maximum atomic E-state index is 12.3. The van der Waals surface area contributed by atoms with Crippen LogP contribution in [0.5, 0.6) is 11.5 Å². The molecule has 0 aliphatic carbocycles. The van der Waals surface area contributed by atoms with E-state index < -0.39 is 0 Å². The highest BCUT2D eigenvalue weighted by Gasteiger charge is 2.22. The number of ether oxygens (including phenoxy) is 2. The molecule has 0 saturated carbocycles. The van der Waals surface area contributed by atoms with E-state index in [1.54, 1.807) is 0 Å². The molecule has 4 heteroatoms. The van der Waals surface area contributed by atoms with Crippen molar-refractivity contribution >= 4 is 5.91 Å². The third-order valence-electron chi connectivity index (χ3n) is 3.86. The lowest BCUT2D eigenvalue weighted by Gasteiger charge is -2.23. The summed E-state index contributed by atoms with van der Waals surface area (Å²) in [6.45, 7) is 3.15. The SMILES string of the molecule is CC[C@H]1C=CCN1C(=O)CCc1ccc2c(c1)OCO2. The van der Waals surface area contributed by atoms with Crippen LogP contribution in [0.3, 0.4) is 0 Å². The lowest BCUT2D eigenvalue weighted by atomic mass is 10.1. The maximum absolute atomic E-state index is 12.3. The normalized spacial score (nSPS) is 19.6. The smallest absolute Gasteiger partial charge is 0.231 e. The molecule has 3 rings (SSSR count). The summed E-state index contributed by atoms with van der Waals surface area (Å²) in [4.78, 5) is 14.2. The first-order chi connectivity index (χ1) is 9.78. The van der Waals surface area contributed by atoms with Crippen molar-refractivity contribution in [3.05, 3.63) is 35.9 Å². The highest BCUT2D eigenvalue weighted by atomic mass is 16.7. The van der Waals surface area contributed by atoms with Crippen LogP contribution in [-0.2, 0) is 11.2 Å². The van der Waals surface area contributed by atoms with Crippen molar-refractivity contribution in [2.75, 3.05) is 13.3 Å². The Balaban J connectivity index is 1.58. The van der Waals surface area contributed by atoms with E-state index in [0.29, 0.717) is 6.42 Å². The van der Waals surface area contributed by atoms with E-state index in [4.69, 9.17) is 9.47 Å². The molecule has 1 aromatic rings. The molecule has 106 valence electrons. The summed E-state index contributed by atoms with van der Waals surface area (Å²) in [5.74, 6) is 1.79. The predicted molar refractivity (Wildman–Crippen MR) is 75.8 cm³/mol. The molecule has 1 atom stereocenters. The van der Waals surface area contributed by atoms with Gasteiger partial charge in [0, 0.05) is 13.0 Å². The Bertz CT molecular complexity index is 539. The lowest BCUT2D eigenvalue weighted by Crippen LogP contribution is -2.35. The number of benzene rings is 1. The van der Waals surface area contributed by atoms with Gasteiger partial charge in [0.05, 0.1) is 6.04 Å². The number of rotatable bonds is 4. The van der Waals surface area contributed by atoms with Crippen molar-refractivity contribution in [2.45, 2.75) is 32.2 Å². The number of hydrogen-bond acceptors (Lipinski definition) is 3. The van der Waals surface area contributed by atoms with Crippen LogP contribution in [0.1, 0.15) is 25.3 Å². The van der Waals surface area contributed by atoms with Gasteiger partial charge in [0.2, 0.25) is 12.7 Å². The number of amides is 1. The molecule has 2 aliphatic rings. The predicted octanol–water partition coefficient (Wildman–Crippen LogP) is 2.52. The van der Waals surface area contributed by atoms with Gasteiger partial charge >= 0.3 is 0 Å². The average molecular weight is 273 g/mol. The van der Waals surface area contributed by atoms with Crippen LogP contribution in [0.15, 0.2) is 30.4 Å². The highest BCUT2D eigenvalue weighted by Crippen LogP contribution is 2.32. The zero-order valence-corrected chi connectivity index (χ0v) is 11.7. The monoisotopic (exact) mass is 273 g/mol. The molecular formula is C16H19NO3. The third-order valence-corrected chi connectivity index (χ3v) is 3.86. The minimum atomic E-state index is 0.222. The first-order valence-electron chi connectivity index (χ1n) is 7.12. The molecule has 0 spiro atoms. The van der Waals surface area contributed by atoms with Crippen molar-refractivity contribution in [2.24, 2.45) is 0 Å². The van der Waals surface area contributed by atoms with Crippen LogP contribution >= 0.6 is 0 Å². The van der Waals surface area contributed by atoms with Gasteiger partial charge in [-0.15, -0.1) is 0 Å². The van der Waals surface area contributed by atoms with E-state index in [9.17, 15) is 4.79 Å². The molecule has 0 unspecified atom stereocenters. The van der Waals surface area contributed by atoms with Gasteiger partial charge in [0.1, 0.15) is 0 Å². The zero-order chi connectivity index (χ0) is 13.9. The van der Waals surface area contributed by atoms with Crippen LogP contribution in [0.25, 0.3) is 0 Å². The van der Waals surface area contributed by atoms with Gasteiger partial charge in [-0.05, 0) is 30.5 Å². The molecule has 0 aromatic heterocycles. The van der Waals surface area contributed by atoms with Crippen molar-refractivity contribution in [1.29, 1.82) is 0 Å². The third kappa shape index (κ3) is 2.50. The quantitative estimate of drug-likeness (QED) is 0.791. The van der Waals surface area contributed by atoms with E-state index in [1.807, 2.05) is 23.1 Å². The Kier molecular flexibility index (Phi) is 3.63. The van der Waals surface area contributed by atoms with Gasteiger partial charge in [-0.3, -0.25) is 4.79 Å². The molecule has 0 N–H and O–H groups in total. The zero-order valence-electron chi connectivity index (χ0n) is 11.7. The summed E-state index contributed by atoms with van der Waals surface area (Å²) >= 11 is 0. The molecule has 0 radical (unpaired) electrons. The van der Waals surface area contributed by atoms with Crippen LogP contribution in [0, 0.1) is 0 Å². The van der Waals surface area contributed by atoms with Gasteiger partial charge in [-0.1, -0.05) is 25.1 Å². The van der Waals surface area contributed by atoms with Gasteiger partial charge in [0.15, 0.2) is 11.5 Å². The number of carbonyl (C=O) groups excluding carboxylic acids is 1. The molecule has 1 amide bonds.